The van der Waals surface area contributed by atoms with E-state index in [4.69, 9.17) is 9.47 Å². The fourth-order valence-corrected chi connectivity index (χ4v) is 4.21. The molecule has 3 aromatic rings. The molecule has 4 N–H and O–H groups in total. The number of ether oxygens (including phenoxy) is 2. The molecule has 0 saturated carbocycles. The highest BCUT2D eigenvalue weighted by molar-refractivity contribution is 5.99. The largest absolute Gasteiger partial charge is 0.508 e. The second kappa shape index (κ2) is 6.91. The fourth-order valence-electron chi connectivity index (χ4n) is 4.21. The molecule has 8 nitrogen and oxygen atoms in total. The second-order valence-corrected chi connectivity index (χ2v) is 8.05. The lowest BCUT2D eigenvalue weighted by molar-refractivity contribution is 0.0224. The van der Waals surface area contributed by atoms with Gasteiger partial charge in [0, 0.05) is 40.6 Å². The normalized spacial score (nSPS) is 14.8. The van der Waals surface area contributed by atoms with Crippen molar-refractivity contribution in [2.24, 2.45) is 0 Å². The van der Waals surface area contributed by atoms with E-state index in [-0.39, 0.29) is 23.6 Å². The summed E-state index contributed by atoms with van der Waals surface area (Å²) in [5.41, 5.74) is 1.07. The summed E-state index contributed by atoms with van der Waals surface area (Å²) in [7, 11) is 0. The first-order valence-corrected chi connectivity index (χ1v) is 10.1. The van der Waals surface area contributed by atoms with Gasteiger partial charge < -0.3 is 30.3 Å². The zero-order valence-electron chi connectivity index (χ0n) is 17.3. The number of amides is 2. The molecule has 0 aromatic heterocycles. The SMILES string of the molecule is CC(C)NC(=O)Nc1ccc2c(c1)C(=O)OC21c2ccc(O)cc2Oc2cc(O)ccc21. The zero-order valence-corrected chi connectivity index (χ0v) is 17.3. The Bertz CT molecular complexity index is 1230. The minimum atomic E-state index is -1.32. The molecule has 2 heterocycles. The van der Waals surface area contributed by atoms with Crippen LogP contribution in [0.2, 0.25) is 0 Å². The lowest BCUT2D eigenvalue weighted by atomic mass is 9.77. The Morgan fingerprint density at radius 3 is 2.09 bits per heavy atom. The molecule has 5 rings (SSSR count). The summed E-state index contributed by atoms with van der Waals surface area (Å²) in [6, 6.07) is 13.7. The second-order valence-electron chi connectivity index (χ2n) is 8.05. The van der Waals surface area contributed by atoms with Crippen molar-refractivity contribution in [3.05, 3.63) is 76.9 Å². The first-order chi connectivity index (χ1) is 15.3. The lowest BCUT2D eigenvalue weighted by Crippen LogP contribution is -2.34. The summed E-state index contributed by atoms with van der Waals surface area (Å²) in [4.78, 5) is 25.1. The summed E-state index contributed by atoms with van der Waals surface area (Å²) < 4.78 is 11.9. The summed E-state index contributed by atoms with van der Waals surface area (Å²) in [5.74, 6) is 0.0305. The third-order valence-electron chi connectivity index (χ3n) is 5.45. The van der Waals surface area contributed by atoms with Gasteiger partial charge in [-0.15, -0.1) is 0 Å². The molecule has 32 heavy (non-hydrogen) atoms. The van der Waals surface area contributed by atoms with Crippen molar-refractivity contribution in [3.63, 3.8) is 0 Å². The van der Waals surface area contributed by atoms with Crippen LogP contribution in [0.5, 0.6) is 23.0 Å². The van der Waals surface area contributed by atoms with Crippen LogP contribution < -0.4 is 15.4 Å². The maximum Gasteiger partial charge on any atom is 0.340 e. The lowest BCUT2D eigenvalue weighted by Gasteiger charge is -2.36. The predicted molar refractivity (Wildman–Crippen MR) is 115 cm³/mol. The fraction of sp³-hybridized carbons (Fsp3) is 0.167. The van der Waals surface area contributed by atoms with Crippen molar-refractivity contribution in [2.75, 3.05) is 5.32 Å². The molecule has 8 heteroatoms. The first-order valence-electron chi connectivity index (χ1n) is 10.1. The zero-order chi connectivity index (χ0) is 22.6. The predicted octanol–water partition coefficient (Wildman–Crippen LogP) is 4.20. The third kappa shape index (κ3) is 2.91. The van der Waals surface area contributed by atoms with Crippen LogP contribution in [0.15, 0.2) is 54.6 Å². The van der Waals surface area contributed by atoms with Crippen molar-refractivity contribution in [1.29, 1.82) is 0 Å². The van der Waals surface area contributed by atoms with E-state index in [1.807, 2.05) is 13.8 Å². The van der Waals surface area contributed by atoms with E-state index in [1.165, 1.54) is 24.3 Å². The number of aromatic hydroxyl groups is 2. The molecule has 1 spiro atoms. The van der Waals surface area contributed by atoms with E-state index in [0.29, 0.717) is 39.4 Å². The van der Waals surface area contributed by atoms with Crippen LogP contribution in [0.1, 0.15) is 40.9 Å². The van der Waals surface area contributed by atoms with Gasteiger partial charge in [0.05, 0.1) is 5.56 Å². The van der Waals surface area contributed by atoms with Gasteiger partial charge in [-0.2, -0.15) is 0 Å². The number of phenols is 2. The quantitative estimate of drug-likeness (QED) is 0.451. The summed E-state index contributed by atoms with van der Waals surface area (Å²) in [6.45, 7) is 3.69. The summed E-state index contributed by atoms with van der Waals surface area (Å²) in [6.07, 6.45) is 0. The van der Waals surface area contributed by atoms with Gasteiger partial charge in [-0.3, -0.25) is 0 Å². The molecule has 0 unspecified atom stereocenters. The van der Waals surface area contributed by atoms with Crippen LogP contribution in [-0.4, -0.2) is 28.3 Å². The molecule has 2 amide bonds. The number of hydrogen-bond acceptors (Lipinski definition) is 6. The van der Waals surface area contributed by atoms with Gasteiger partial charge in [0.25, 0.3) is 0 Å². The van der Waals surface area contributed by atoms with Crippen LogP contribution in [0.25, 0.3) is 0 Å². The summed E-state index contributed by atoms with van der Waals surface area (Å²) >= 11 is 0. The van der Waals surface area contributed by atoms with Crippen LogP contribution in [0.4, 0.5) is 10.5 Å². The van der Waals surface area contributed by atoms with Crippen LogP contribution in [0.3, 0.4) is 0 Å². The number of esters is 1. The highest BCUT2D eigenvalue weighted by atomic mass is 16.6. The molecule has 0 bridgehead atoms. The number of nitrogens with one attached hydrogen (secondary N) is 2. The minimum Gasteiger partial charge on any atom is -0.508 e. The highest BCUT2D eigenvalue weighted by Crippen LogP contribution is 2.57. The molecular weight excluding hydrogens is 412 g/mol. The Morgan fingerprint density at radius 2 is 1.50 bits per heavy atom. The van der Waals surface area contributed by atoms with Gasteiger partial charge in [-0.25, -0.2) is 9.59 Å². The average Bonchev–Trinajstić information content (AvgIpc) is 2.99. The molecule has 0 fully saturated rings. The van der Waals surface area contributed by atoms with Crippen molar-refractivity contribution >= 4 is 17.7 Å². The van der Waals surface area contributed by atoms with E-state index < -0.39 is 11.6 Å². The number of rotatable bonds is 2. The third-order valence-corrected chi connectivity index (χ3v) is 5.45. The van der Waals surface area contributed by atoms with Gasteiger partial charge in [0.15, 0.2) is 5.60 Å². The Balaban J connectivity index is 1.68. The Kier molecular flexibility index (Phi) is 4.27. The van der Waals surface area contributed by atoms with Gasteiger partial charge in [0.2, 0.25) is 0 Å². The molecule has 2 aliphatic heterocycles. The number of fused-ring (bicyclic) bond motifs is 6. The van der Waals surface area contributed by atoms with Crippen molar-refractivity contribution < 1.29 is 29.3 Å². The number of carbonyl (C=O) groups is 2. The average molecular weight is 432 g/mol. The molecule has 3 aromatic carbocycles. The van der Waals surface area contributed by atoms with Crippen molar-refractivity contribution in [3.8, 4) is 23.0 Å². The summed E-state index contributed by atoms with van der Waals surface area (Å²) in [5, 5.41) is 25.4. The number of benzene rings is 3. The van der Waals surface area contributed by atoms with Gasteiger partial charge in [0.1, 0.15) is 23.0 Å². The number of phenolic OH excluding ortho intramolecular Hbond substituents is 2. The smallest absolute Gasteiger partial charge is 0.340 e. The van der Waals surface area contributed by atoms with E-state index >= 15 is 0 Å². The van der Waals surface area contributed by atoms with Crippen molar-refractivity contribution in [2.45, 2.75) is 25.5 Å². The maximum atomic E-state index is 13.0. The van der Waals surface area contributed by atoms with E-state index in [1.54, 1.807) is 30.3 Å². The molecule has 0 saturated heterocycles. The molecule has 162 valence electrons. The number of hydrogen-bond donors (Lipinski definition) is 4. The number of anilines is 1. The molecule has 0 aliphatic carbocycles. The number of urea groups is 1. The monoisotopic (exact) mass is 432 g/mol. The highest BCUT2D eigenvalue weighted by Gasteiger charge is 2.53. The van der Waals surface area contributed by atoms with E-state index in [0.717, 1.165) is 0 Å². The van der Waals surface area contributed by atoms with Gasteiger partial charge >= 0.3 is 12.0 Å². The Labute approximate surface area is 183 Å². The van der Waals surface area contributed by atoms with Gasteiger partial charge in [-0.05, 0) is 50.2 Å². The maximum absolute atomic E-state index is 13.0. The van der Waals surface area contributed by atoms with E-state index in [9.17, 15) is 19.8 Å². The van der Waals surface area contributed by atoms with Crippen LogP contribution in [-0.2, 0) is 10.3 Å². The first kappa shape index (κ1) is 19.7. The molecular formula is C24H20N2O6. The topological polar surface area (TPSA) is 117 Å². The molecule has 2 aliphatic rings. The Hall–Kier alpha value is -4.20. The van der Waals surface area contributed by atoms with Crippen molar-refractivity contribution in [1.82, 2.24) is 5.32 Å². The minimum absolute atomic E-state index is 0.0113. The molecule has 0 atom stereocenters. The van der Waals surface area contributed by atoms with Gasteiger partial charge in [-0.1, -0.05) is 6.07 Å². The number of carbonyl (C=O) groups excluding carboxylic acids is 2. The van der Waals surface area contributed by atoms with Crippen LogP contribution in [0, 0.1) is 0 Å². The Morgan fingerprint density at radius 1 is 0.906 bits per heavy atom. The van der Waals surface area contributed by atoms with E-state index in [2.05, 4.69) is 10.6 Å². The molecule has 0 radical (unpaired) electrons. The standard InChI is InChI=1S/C24H20N2O6/c1-12(2)25-23(30)26-13-3-6-17-16(9-13)22(29)32-24(17)18-7-4-14(27)10-20(18)31-21-11-15(28)5-8-19(21)24/h3-12,27-28H,1-2H3,(H2,25,26,30). The van der Waals surface area contributed by atoms with Crippen LogP contribution >= 0.6 is 0 Å².